The van der Waals surface area contributed by atoms with Gasteiger partial charge in [0.2, 0.25) is 5.91 Å². The van der Waals surface area contributed by atoms with Crippen LogP contribution in [-0.2, 0) is 4.79 Å². The number of halogens is 3. The van der Waals surface area contributed by atoms with Crippen molar-refractivity contribution in [3.63, 3.8) is 0 Å². The molecule has 0 aliphatic heterocycles. The fraction of sp³-hybridized carbons (Fsp3) is 0.900. The number of amides is 1. The van der Waals surface area contributed by atoms with Gasteiger partial charge >= 0.3 is 5.51 Å². The molecule has 1 amide bonds. The Morgan fingerprint density at radius 1 is 1.29 bits per heavy atom. The van der Waals surface area contributed by atoms with Crippen LogP contribution in [0, 0.1) is 0 Å². The zero-order valence-corrected chi connectivity index (χ0v) is 10.3. The molecule has 7 heteroatoms. The topological polar surface area (TPSA) is 41.1 Å². The van der Waals surface area contributed by atoms with Crippen LogP contribution in [0.4, 0.5) is 13.2 Å². The number of hydrogen-bond acceptors (Lipinski definition) is 3. The Kier molecular flexibility index (Phi) is 6.11. The summed E-state index contributed by atoms with van der Waals surface area (Å²) in [6.45, 7) is 0.275. The van der Waals surface area contributed by atoms with Crippen molar-refractivity contribution in [1.82, 2.24) is 10.6 Å². The van der Waals surface area contributed by atoms with E-state index in [0.29, 0.717) is 0 Å². The van der Waals surface area contributed by atoms with Crippen LogP contribution < -0.4 is 10.6 Å². The number of rotatable bonds is 6. The molecule has 1 rings (SSSR count). The van der Waals surface area contributed by atoms with E-state index in [9.17, 15) is 18.0 Å². The minimum absolute atomic E-state index is 0.0692. The SMILES string of the molecule is O=C(CNCCSC(F)(F)F)NC1CCCC1. The third-order valence-corrected chi connectivity index (χ3v) is 3.29. The van der Waals surface area contributed by atoms with Gasteiger partial charge in [-0.3, -0.25) is 4.79 Å². The zero-order valence-electron chi connectivity index (χ0n) is 9.48. The summed E-state index contributed by atoms with van der Waals surface area (Å²) in [5, 5.41) is 5.55. The summed E-state index contributed by atoms with van der Waals surface area (Å²) >= 11 is -0.0761. The Morgan fingerprint density at radius 3 is 2.53 bits per heavy atom. The summed E-state index contributed by atoms with van der Waals surface area (Å²) < 4.78 is 35.3. The van der Waals surface area contributed by atoms with Crippen molar-refractivity contribution in [2.24, 2.45) is 0 Å². The molecule has 0 radical (unpaired) electrons. The molecule has 0 bridgehead atoms. The van der Waals surface area contributed by atoms with E-state index in [2.05, 4.69) is 10.6 Å². The average molecular weight is 270 g/mol. The molecule has 0 heterocycles. The highest BCUT2D eigenvalue weighted by Gasteiger charge is 2.27. The highest BCUT2D eigenvalue weighted by atomic mass is 32.2. The first-order chi connectivity index (χ1) is 7.97. The largest absolute Gasteiger partial charge is 0.441 e. The minimum Gasteiger partial charge on any atom is -0.352 e. The summed E-state index contributed by atoms with van der Waals surface area (Å²) in [7, 11) is 0. The summed E-state index contributed by atoms with van der Waals surface area (Å²) in [4.78, 5) is 11.4. The average Bonchev–Trinajstić information content (AvgIpc) is 2.68. The fourth-order valence-corrected chi connectivity index (χ4v) is 2.27. The zero-order chi connectivity index (χ0) is 12.7. The Balaban J connectivity index is 1.96. The second kappa shape index (κ2) is 7.10. The molecule has 3 nitrogen and oxygen atoms in total. The van der Waals surface area contributed by atoms with Crippen molar-refractivity contribution in [3.05, 3.63) is 0 Å². The smallest absolute Gasteiger partial charge is 0.352 e. The van der Waals surface area contributed by atoms with E-state index in [1.165, 1.54) is 0 Å². The maximum absolute atomic E-state index is 11.8. The maximum Gasteiger partial charge on any atom is 0.441 e. The molecule has 1 fully saturated rings. The molecule has 2 N–H and O–H groups in total. The van der Waals surface area contributed by atoms with E-state index in [1.54, 1.807) is 0 Å². The third-order valence-electron chi connectivity index (χ3n) is 2.55. The second-order valence-electron chi connectivity index (χ2n) is 4.02. The van der Waals surface area contributed by atoms with Crippen molar-refractivity contribution in [2.75, 3.05) is 18.8 Å². The fourth-order valence-electron chi connectivity index (χ4n) is 1.79. The van der Waals surface area contributed by atoms with Crippen molar-refractivity contribution in [3.8, 4) is 0 Å². The molecule has 1 saturated carbocycles. The lowest BCUT2D eigenvalue weighted by molar-refractivity contribution is -0.120. The number of carbonyl (C=O) groups is 1. The monoisotopic (exact) mass is 270 g/mol. The first-order valence-electron chi connectivity index (χ1n) is 5.68. The van der Waals surface area contributed by atoms with Gasteiger partial charge in [0.15, 0.2) is 0 Å². The van der Waals surface area contributed by atoms with E-state index in [0.717, 1.165) is 25.7 Å². The van der Waals surface area contributed by atoms with Crippen LogP contribution in [0.2, 0.25) is 0 Å². The predicted molar refractivity (Wildman–Crippen MR) is 61.8 cm³/mol. The Hall–Kier alpha value is -0.430. The third kappa shape index (κ3) is 7.49. The Morgan fingerprint density at radius 2 is 1.94 bits per heavy atom. The summed E-state index contributed by atoms with van der Waals surface area (Å²) in [5.41, 5.74) is -4.19. The molecule has 0 spiro atoms. The lowest BCUT2D eigenvalue weighted by Gasteiger charge is -2.12. The normalized spacial score (nSPS) is 17.4. The first-order valence-corrected chi connectivity index (χ1v) is 6.67. The molecule has 1 aliphatic rings. The van der Waals surface area contributed by atoms with Gasteiger partial charge in [0.05, 0.1) is 6.54 Å². The van der Waals surface area contributed by atoms with Crippen LogP contribution in [0.1, 0.15) is 25.7 Å². The highest BCUT2D eigenvalue weighted by Crippen LogP contribution is 2.29. The quantitative estimate of drug-likeness (QED) is 0.724. The van der Waals surface area contributed by atoms with E-state index in [1.807, 2.05) is 0 Å². The van der Waals surface area contributed by atoms with Gasteiger partial charge in [-0.15, -0.1) is 0 Å². The molecule has 0 atom stereocenters. The standard InChI is InChI=1S/C10H17F3N2OS/c11-10(12,13)17-6-5-14-7-9(16)15-8-3-1-2-4-8/h8,14H,1-7H2,(H,15,16). The molecular weight excluding hydrogens is 253 g/mol. The van der Waals surface area contributed by atoms with Crippen LogP contribution >= 0.6 is 11.8 Å². The highest BCUT2D eigenvalue weighted by molar-refractivity contribution is 8.00. The van der Waals surface area contributed by atoms with Gasteiger partial charge in [-0.1, -0.05) is 12.8 Å². The van der Waals surface area contributed by atoms with Gasteiger partial charge in [-0.25, -0.2) is 0 Å². The number of hydrogen-bond donors (Lipinski definition) is 2. The minimum atomic E-state index is -4.19. The molecule has 17 heavy (non-hydrogen) atoms. The van der Waals surface area contributed by atoms with Crippen LogP contribution in [0.5, 0.6) is 0 Å². The maximum atomic E-state index is 11.8. The van der Waals surface area contributed by atoms with Gasteiger partial charge in [0.1, 0.15) is 0 Å². The van der Waals surface area contributed by atoms with Gasteiger partial charge in [0.25, 0.3) is 0 Å². The first kappa shape index (κ1) is 14.6. The van der Waals surface area contributed by atoms with Crippen molar-refractivity contribution < 1.29 is 18.0 Å². The Bertz CT molecular complexity index is 242. The van der Waals surface area contributed by atoms with E-state index < -0.39 is 5.51 Å². The summed E-state index contributed by atoms with van der Waals surface area (Å²) in [6, 6.07) is 0.258. The van der Waals surface area contributed by atoms with Gasteiger partial charge in [0, 0.05) is 18.3 Å². The molecule has 0 aromatic carbocycles. The molecule has 1 aliphatic carbocycles. The number of thioether (sulfide) groups is 1. The molecule has 0 saturated heterocycles. The van der Waals surface area contributed by atoms with Gasteiger partial charge < -0.3 is 10.6 Å². The van der Waals surface area contributed by atoms with Gasteiger partial charge in [-0.2, -0.15) is 13.2 Å². The van der Waals surface area contributed by atoms with Crippen molar-refractivity contribution in [1.29, 1.82) is 0 Å². The van der Waals surface area contributed by atoms with Crippen molar-refractivity contribution in [2.45, 2.75) is 37.2 Å². The molecular formula is C10H17F3N2OS. The van der Waals surface area contributed by atoms with Crippen molar-refractivity contribution >= 4 is 17.7 Å². The lowest BCUT2D eigenvalue weighted by atomic mass is 10.2. The van der Waals surface area contributed by atoms with E-state index >= 15 is 0 Å². The predicted octanol–water partition coefficient (Wildman–Crippen LogP) is 1.89. The van der Waals surface area contributed by atoms with Gasteiger partial charge in [-0.05, 0) is 24.6 Å². The van der Waals surface area contributed by atoms with Crippen LogP contribution in [0.3, 0.4) is 0 Å². The molecule has 0 aromatic heterocycles. The molecule has 100 valence electrons. The molecule has 0 unspecified atom stereocenters. The summed E-state index contributed by atoms with van der Waals surface area (Å²) in [6.07, 6.45) is 4.30. The van der Waals surface area contributed by atoms with Crippen LogP contribution in [0.25, 0.3) is 0 Å². The molecule has 0 aromatic rings. The number of carbonyl (C=O) groups excluding carboxylic acids is 1. The Labute approximate surface area is 103 Å². The number of nitrogens with one attached hydrogen (secondary N) is 2. The lowest BCUT2D eigenvalue weighted by Crippen LogP contribution is -2.39. The van der Waals surface area contributed by atoms with E-state index in [-0.39, 0.29) is 42.6 Å². The van der Waals surface area contributed by atoms with Crippen LogP contribution in [0.15, 0.2) is 0 Å². The number of alkyl halides is 3. The summed E-state index contributed by atoms with van der Waals surface area (Å²) in [5.74, 6) is -0.200. The van der Waals surface area contributed by atoms with Crippen LogP contribution in [-0.4, -0.2) is 36.3 Å². The van der Waals surface area contributed by atoms with E-state index in [4.69, 9.17) is 0 Å². The second-order valence-corrected chi connectivity index (χ2v) is 5.18.